The van der Waals surface area contributed by atoms with Gasteiger partial charge in [-0.3, -0.25) is 4.79 Å². The molecule has 2 heterocycles. The highest BCUT2D eigenvalue weighted by Gasteiger charge is 2.18. The summed E-state index contributed by atoms with van der Waals surface area (Å²) in [5, 5.41) is 4.67. The molecule has 0 fully saturated rings. The van der Waals surface area contributed by atoms with Gasteiger partial charge in [-0.05, 0) is 36.4 Å². The average molecular weight is 413 g/mol. The predicted octanol–water partition coefficient (Wildman–Crippen LogP) is 4.91. The molecule has 2 aromatic heterocycles. The van der Waals surface area contributed by atoms with Crippen LogP contribution in [-0.2, 0) is 0 Å². The fourth-order valence-electron chi connectivity index (χ4n) is 2.99. The zero-order valence-corrected chi connectivity index (χ0v) is 16.7. The Balaban J connectivity index is 1.68. The van der Waals surface area contributed by atoms with Gasteiger partial charge in [-0.1, -0.05) is 11.6 Å². The van der Waals surface area contributed by atoms with E-state index in [-0.39, 0.29) is 5.76 Å². The first kappa shape index (κ1) is 18.9. The molecule has 4 aromatic rings. The van der Waals surface area contributed by atoms with Crippen LogP contribution in [0, 0.1) is 0 Å². The van der Waals surface area contributed by atoms with E-state index in [4.69, 9.17) is 30.2 Å². The molecule has 4 rings (SSSR count). The topological polar surface area (TPSA) is 82.8 Å². The third-order valence-electron chi connectivity index (χ3n) is 4.45. The summed E-state index contributed by atoms with van der Waals surface area (Å²) in [6, 6.07) is 12.2. The van der Waals surface area contributed by atoms with E-state index in [0.29, 0.717) is 33.3 Å². The fourth-order valence-corrected chi connectivity index (χ4v) is 3.23. The summed E-state index contributed by atoms with van der Waals surface area (Å²) in [7, 11) is 4.59. The Bertz CT molecular complexity index is 1230. The number of pyridine rings is 1. The van der Waals surface area contributed by atoms with Crippen molar-refractivity contribution in [3.8, 4) is 17.2 Å². The number of nitrogens with one attached hydrogen (secondary N) is 1. The standard InChI is InChI=1S/C21H17ClN2O5/c1-26-13-4-5-15-11(7-13)6-12-8-19(29-21(12)24-15)20(25)23-16-9-14(22)17(27-2)10-18(16)28-3/h4-10H,1-3H3,(H,23,25). The number of carbonyl (C=O) groups excluding carboxylic acids is 1. The highest BCUT2D eigenvalue weighted by molar-refractivity contribution is 6.32. The number of hydrogen-bond donors (Lipinski definition) is 1. The van der Waals surface area contributed by atoms with E-state index in [1.54, 1.807) is 25.3 Å². The van der Waals surface area contributed by atoms with Crippen LogP contribution < -0.4 is 19.5 Å². The van der Waals surface area contributed by atoms with Crippen molar-refractivity contribution in [1.82, 2.24) is 4.98 Å². The highest BCUT2D eigenvalue weighted by atomic mass is 35.5. The number of rotatable bonds is 5. The summed E-state index contributed by atoms with van der Waals surface area (Å²) >= 11 is 6.16. The third kappa shape index (κ3) is 3.52. The van der Waals surface area contributed by atoms with Gasteiger partial charge in [-0.25, -0.2) is 4.98 Å². The van der Waals surface area contributed by atoms with Crippen LogP contribution in [0.5, 0.6) is 17.2 Å². The highest BCUT2D eigenvalue weighted by Crippen LogP contribution is 2.36. The third-order valence-corrected chi connectivity index (χ3v) is 4.75. The average Bonchev–Trinajstić information content (AvgIpc) is 3.14. The molecular weight excluding hydrogens is 396 g/mol. The van der Waals surface area contributed by atoms with Crippen molar-refractivity contribution in [3.05, 3.63) is 53.2 Å². The number of hydrogen-bond acceptors (Lipinski definition) is 6. The van der Waals surface area contributed by atoms with E-state index in [9.17, 15) is 4.79 Å². The summed E-state index contributed by atoms with van der Waals surface area (Å²) < 4.78 is 21.4. The molecule has 0 saturated heterocycles. The van der Waals surface area contributed by atoms with Gasteiger partial charge in [-0.15, -0.1) is 0 Å². The number of carbonyl (C=O) groups is 1. The van der Waals surface area contributed by atoms with Gasteiger partial charge < -0.3 is 23.9 Å². The lowest BCUT2D eigenvalue weighted by Gasteiger charge is -2.12. The number of benzene rings is 2. The van der Waals surface area contributed by atoms with Crippen LogP contribution in [-0.4, -0.2) is 32.2 Å². The minimum Gasteiger partial charge on any atom is -0.497 e. The summed E-state index contributed by atoms with van der Waals surface area (Å²) in [5.41, 5.74) is 1.50. The molecule has 0 spiro atoms. The molecule has 29 heavy (non-hydrogen) atoms. The first-order chi connectivity index (χ1) is 14.0. The van der Waals surface area contributed by atoms with Crippen LogP contribution in [0.1, 0.15) is 10.6 Å². The first-order valence-electron chi connectivity index (χ1n) is 8.63. The lowest BCUT2D eigenvalue weighted by atomic mass is 10.2. The Labute approximate surface area is 171 Å². The van der Waals surface area contributed by atoms with E-state index in [2.05, 4.69) is 10.3 Å². The molecule has 0 radical (unpaired) electrons. The van der Waals surface area contributed by atoms with E-state index in [1.165, 1.54) is 14.2 Å². The zero-order chi connectivity index (χ0) is 20.5. The van der Waals surface area contributed by atoms with Gasteiger partial charge in [-0.2, -0.15) is 0 Å². The van der Waals surface area contributed by atoms with Gasteiger partial charge in [0.1, 0.15) is 17.2 Å². The van der Waals surface area contributed by atoms with E-state index >= 15 is 0 Å². The zero-order valence-electron chi connectivity index (χ0n) is 15.9. The molecule has 148 valence electrons. The van der Waals surface area contributed by atoms with Gasteiger partial charge >= 0.3 is 0 Å². The largest absolute Gasteiger partial charge is 0.497 e. The molecule has 1 N–H and O–H groups in total. The van der Waals surface area contributed by atoms with E-state index in [0.717, 1.165) is 16.7 Å². The molecular formula is C21H17ClN2O5. The number of aromatic nitrogens is 1. The van der Waals surface area contributed by atoms with Crippen molar-refractivity contribution < 1.29 is 23.4 Å². The lowest BCUT2D eigenvalue weighted by molar-refractivity contribution is 0.0998. The summed E-state index contributed by atoms with van der Waals surface area (Å²) in [6.07, 6.45) is 0. The molecule has 1 amide bonds. The van der Waals surface area contributed by atoms with E-state index < -0.39 is 5.91 Å². The number of nitrogens with zero attached hydrogens (tertiary/aromatic N) is 1. The second kappa shape index (κ2) is 7.52. The number of amides is 1. The maximum absolute atomic E-state index is 12.7. The summed E-state index contributed by atoms with van der Waals surface area (Å²) in [4.78, 5) is 17.2. The molecule has 0 atom stereocenters. The van der Waals surface area contributed by atoms with Gasteiger partial charge in [0.15, 0.2) is 5.76 Å². The monoisotopic (exact) mass is 412 g/mol. The van der Waals surface area contributed by atoms with Gasteiger partial charge in [0.25, 0.3) is 5.91 Å². The number of ether oxygens (including phenoxy) is 3. The Morgan fingerprint density at radius 1 is 0.966 bits per heavy atom. The van der Waals surface area contributed by atoms with Crippen LogP contribution in [0.2, 0.25) is 5.02 Å². The molecule has 7 nitrogen and oxygen atoms in total. The first-order valence-corrected chi connectivity index (χ1v) is 9.01. The maximum atomic E-state index is 12.7. The van der Waals surface area contributed by atoms with Crippen molar-refractivity contribution >= 4 is 45.2 Å². The summed E-state index contributed by atoms with van der Waals surface area (Å²) in [5.74, 6) is 1.24. The SMILES string of the molecule is COc1ccc2nc3oc(C(=O)Nc4cc(Cl)c(OC)cc4OC)cc3cc2c1. The Kier molecular flexibility index (Phi) is 4.90. The number of halogens is 1. The molecule has 0 unspecified atom stereocenters. The number of methoxy groups -OCH3 is 3. The maximum Gasteiger partial charge on any atom is 0.291 e. The van der Waals surface area contributed by atoms with Crippen molar-refractivity contribution in [2.24, 2.45) is 0 Å². The van der Waals surface area contributed by atoms with Crippen LogP contribution in [0.3, 0.4) is 0 Å². The van der Waals surface area contributed by atoms with Crippen LogP contribution >= 0.6 is 11.6 Å². The van der Waals surface area contributed by atoms with Crippen molar-refractivity contribution in [3.63, 3.8) is 0 Å². The van der Waals surface area contributed by atoms with Gasteiger partial charge in [0, 0.05) is 16.8 Å². The molecule has 0 aliphatic heterocycles. The van der Waals surface area contributed by atoms with Crippen molar-refractivity contribution in [1.29, 1.82) is 0 Å². The van der Waals surface area contributed by atoms with Crippen LogP contribution in [0.15, 0.2) is 46.9 Å². The van der Waals surface area contributed by atoms with Gasteiger partial charge in [0.2, 0.25) is 5.71 Å². The second-order valence-corrected chi connectivity index (χ2v) is 6.60. The minimum absolute atomic E-state index is 0.115. The van der Waals surface area contributed by atoms with Crippen LogP contribution in [0.25, 0.3) is 22.0 Å². The molecule has 2 aromatic carbocycles. The second-order valence-electron chi connectivity index (χ2n) is 6.19. The molecule has 0 bridgehead atoms. The number of furan rings is 1. The predicted molar refractivity (Wildman–Crippen MR) is 111 cm³/mol. The lowest BCUT2D eigenvalue weighted by Crippen LogP contribution is -2.11. The quantitative estimate of drug-likeness (QED) is 0.501. The van der Waals surface area contributed by atoms with E-state index in [1.807, 2.05) is 24.3 Å². The normalized spacial score (nSPS) is 10.9. The minimum atomic E-state index is -0.454. The Morgan fingerprint density at radius 2 is 1.76 bits per heavy atom. The van der Waals surface area contributed by atoms with Crippen molar-refractivity contribution in [2.75, 3.05) is 26.6 Å². The van der Waals surface area contributed by atoms with Gasteiger partial charge in [0.05, 0.1) is 37.6 Å². The smallest absolute Gasteiger partial charge is 0.291 e. The summed E-state index contributed by atoms with van der Waals surface area (Å²) in [6.45, 7) is 0. The fraction of sp³-hybridized carbons (Fsp3) is 0.143. The Morgan fingerprint density at radius 3 is 2.48 bits per heavy atom. The molecule has 0 aliphatic carbocycles. The number of fused-ring (bicyclic) bond motifs is 2. The van der Waals surface area contributed by atoms with Crippen LogP contribution in [0.4, 0.5) is 5.69 Å². The molecule has 8 heteroatoms. The molecule has 0 saturated carbocycles. The molecule has 0 aliphatic rings. The Hall–Kier alpha value is -3.45. The number of anilines is 1. The van der Waals surface area contributed by atoms with Crippen molar-refractivity contribution in [2.45, 2.75) is 0 Å².